The summed E-state index contributed by atoms with van der Waals surface area (Å²) in [5.74, 6) is -0.448. The smallest absolute Gasteiger partial charge is 0.274 e. The number of amides is 3. The van der Waals surface area contributed by atoms with Gasteiger partial charge < -0.3 is 19.9 Å². The number of carbonyl (C=O) groups is 3. The second-order valence-corrected chi connectivity index (χ2v) is 7.35. The van der Waals surface area contributed by atoms with Crippen LogP contribution in [0.5, 0.6) is 0 Å². The van der Waals surface area contributed by atoms with E-state index in [0.717, 1.165) is 44.5 Å². The normalized spacial score (nSPS) is 20.6. The van der Waals surface area contributed by atoms with Gasteiger partial charge in [-0.2, -0.15) is 5.10 Å². The second kappa shape index (κ2) is 9.18. The summed E-state index contributed by atoms with van der Waals surface area (Å²) in [5, 5.41) is 6.82. The number of morpholine rings is 1. The van der Waals surface area contributed by atoms with Gasteiger partial charge in [-0.15, -0.1) is 0 Å². The summed E-state index contributed by atoms with van der Waals surface area (Å²) in [6.07, 6.45) is 3.72. The molecule has 2 aliphatic heterocycles. The standard InChI is InChI=1S/C19H29N5O4/c1-14-11-15(21-24(14)13-17(25)20-2)18(26)23-9-10-28-16(12-23)19(27)22-7-5-3-4-6-8-22/h11,16H,3-10,12-13H2,1-2H3,(H,20,25)/t16-/m1/s1. The molecule has 28 heavy (non-hydrogen) atoms. The van der Waals surface area contributed by atoms with Gasteiger partial charge >= 0.3 is 0 Å². The van der Waals surface area contributed by atoms with Crippen LogP contribution in [0.15, 0.2) is 6.07 Å². The minimum atomic E-state index is -0.621. The van der Waals surface area contributed by atoms with Crippen molar-refractivity contribution < 1.29 is 19.1 Å². The molecule has 0 bridgehead atoms. The average molecular weight is 391 g/mol. The predicted molar refractivity (Wildman–Crippen MR) is 102 cm³/mol. The van der Waals surface area contributed by atoms with Crippen LogP contribution in [-0.4, -0.2) is 83.2 Å². The van der Waals surface area contributed by atoms with E-state index >= 15 is 0 Å². The molecular formula is C19H29N5O4. The molecule has 1 aromatic heterocycles. The van der Waals surface area contributed by atoms with E-state index in [0.29, 0.717) is 13.2 Å². The van der Waals surface area contributed by atoms with Crippen molar-refractivity contribution in [2.24, 2.45) is 0 Å². The highest BCUT2D eigenvalue weighted by molar-refractivity contribution is 5.93. The fourth-order valence-electron chi connectivity index (χ4n) is 3.63. The van der Waals surface area contributed by atoms with Crippen molar-refractivity contribution in [3.63, 3.8) is 0 Å². The SMILES string of the molecule is CNC(=O)Cn1nc(C(=O)N2CCO[C@@H](C(=O)N3CCCCCC3)C2)cc1C. The van der Waals surface area contributed by atoms with Gasteiger partial charge in [0.05, 0.1) is 13.2 Å². The lowest BCUT2D eigenvalue weighted by molar-refractivity contribution is -0.148. The Labute approximate surface area is 165 Å². The van der Waals surface area contributed by atoms with Gasteiger partial charge in [0, 0.05) is 32.4 Å². The zero-order chi connectivity index (χ0) is 20.1. The highest BCUT2D eigenvalue weighted by Crippen LogP contribution is 2.16. The highest BCUT2D eigenvalue weighted by Gasteiger charge is 2.33. The first kappa shape index (κ1) is 20.3. The molecule has 3 heterocycles. The zero-order valence-corrected chi connectivity index (χ0v) is 16.6. The molecular weight excluding hydrogens is 362 g/mol. The first-order valence-corrected chi connectivity index (χ1v) is 9.94. The van der Waals surface area contributed by atoms with Crippen molar-refractivity contribution in [3.05, 3.63) is 17.5 Å². The highest BCUT2D eigenvalue weighted by atomic mass is 16.5. The molecule has 0 aliphatic carbocycles. The van der Waals surface area contributed by atoms with E-state index in [1.807, 2.05) is 4.90 Å². The molecule has 0 spiro atoms. The average Bonchev–Trinajstić information content (AvgIpc) is 2.91. The van der Waals surface area contributed by atoms with Crippen LogP contribution < -0.4 is 5.32 Å². The van der Waals surface area contributed by atoms with Gasteiger partial charge in [-0.05, 0) is 25.8 Å². The molecule has 0 unspecified atom stereocenters. The van der Waals surface area contributed by atoms with E-state index in [1.165, 1.54) is 4.68 Å². The summed E-state index contributed by atoms with van der Waals surface area (Å²) >= 11 is 0. The number of carbonyl (C=O) groups excluding carboxylic acids is 3. The Morgan fingerprint density at radius 3 is 2.54 bits per heavy atom. The van der Waals surface area contributed by atoms with E-state index in [-0.39, 0.29) is 36.5 Å². The van der Waals surface area contributed by atoms with Crippen molar-refractivity contribution >= 4 is 17.7 Å². The van der Waals surface area contributed by atoms with Crippen LogP contribution >= 0.6 is 0 Å². The van der Waals surface area contributed by atoms with Crippen LogP contribution in [0.1, 0.15) is 41.9 Å². The summed E-state index contributed by atoms with van der Waals surface area (Å²) in [5.41, 5.74) is 1.02. The number of nitrogens with one attached hydrogen (secondary N) is 1. The number of rotatable bonds is 4. The lowest BCUT2D eigenvalue weighted by Crippen LogP contribution is -2.52. The monoisotopic (exact) mass is 391 g/mol. The van der Waals surface area contributed by atoms with Crippen LogP contribution in [0.25, 0.3) is 0 Å². The second-order valence-electron chi connectivity index (χ2n) is 7.35. The number of aromatic nitrogens is 2. The minimum Gasteiger partial charge on any atom is -0.365 e. The lowest BCUT2D eigenvalue weighted by atomic mass is 10.2. The van der Waals surface area contributed by atoms with E-state index in [2.05, 4.69) is 10.4 Å². The third-order valence-electron chi connectivity index (χ3n) is 5.32. The van der Waals surface area contributed by atoms with E-state index in [9.17, 15) is 14.4 Å². The number of ether oxygens (including phenoxy) is 1. The molecule has 3 amide bonds. The molecule has 1 atom stereocenters. The fourth-order valence-corrected chi connectivity index (χ4v) is 3.63. The minimum absolute atomic E-state index is 0.0271. The Hall–Kier alpha value is -2.42. The Bertz CT molecular complexity index is 724. The quantitative estimate of drug-likeness (QED) is 0.790. The molecule has 154 valence electrons. The van der Waals surface area contributed by atoms with Crippen molar-refractivity contribution in [1.29, 1.82) is 0 Å². The molecule has 0 radical (unpaired) electrons. The van der Waals surface area contributed by atoms with Crippen LogP contribution in [0.2, 0.25) is 0 Å². The third kappa shape index (κ3) is 4.70. The summed E-state index contributed by atoms with van der Waals surface area (Å²) < 4.78 is 7.19. The molecule has 0 aromatic carbocycles. The van der Waals surface area contributed by atoms with E-state index in [4.69, 9.17) is 4.74 Å². The van der Waals surface area contributed by atoms with Gasteiger partial charge in [-0.3, -0.25) is 19.1 Å². The van der Waals surface area contributed by atoms with Gasteiger partial charge in [-0.1, -0.05) is 12.8 Å². The Balaban J connectivity index is 1.65. The summed E-state index contributed by atoms with van der Waals surface area (Å²) in [6, 6.07) is 1.67. The van der Waals surface area contributed by atoms with Crippen molar-refractivity contribution in [1.82, 2.24) is 24.9 Å². The maximum Gasteiger partial charge on any atom is 0.274 e. The van der Waals surface area contributed by atoms with E-state index in [1.54, 1.807) is 24.9 Å². The summed E-state index contributed by atoms with van der Waals surface area (Å²) in [6.45, 7) is 4.37. The topological polar surface area (TPSA) is 96.8 Å². The number of nitrogens with zero attached hydrogens (tertiary/aromatic N) is 4. The van der Waals surface area contributed by atoms with Crippen LogP contribution in [0.4, 0.5) is 0 Å². The van der Waals surface area contributed by atoms with E-state index < -0.39 is 6.10 Å². The molecule has 2 aliphatic rings. The number of aryl methyl sites for hydroxylation is 1. The summed E-state index contributed by atoms with van der Waals surface area (Å²) in [4.78, 5) is 40.8. The van der Waals surface area contributed by atoms with Crippen molar-refractivity contribution in [2.75, 3.05) is 39.8 Å². The maximum absolute atomic E-state index is 12.9. The van der Waals surface area contributed by atoms with Crippen LogP contribution in [0, 0.1) is 6.92 Å². The van der Waals surface area contributed by atoms with Gasteiger partial charge in [0.15, 0.2) is 11.8 Å². The number of likely N-dealkylation sites (tertiary alicyclic amines) is 1. The van der Waals surface area contributed by atoms with Gasteiger partial charge in [0.1, 0.15) is 6.54 Å². The molecule has 0 saturated carbocycles. The van der Waals surface area contributed by atoms with Crippen molar-refractivity contribution in [3.8, 4) is 0 Å². The molecule has 9 heteroatoms. The molecule has 9 nitrogen and oxygen atoms in total. The molecule has 2 fully saturated rings. The lowest BCUT2D eigenvalue weighted by Gasteiger charge is -2.34. The first-order chi connectivity index (χ1) is 13.5. The largest absolute Gasteiger partial charge is 0.365 e. The molecule has 3 rings (SSSR count). The van der Waals surface area contributed by atoms with Gasteiger partial charge in [-0.25, -0.2) is 0 Å². The van der Waals surface area contributed by atoms with Crippen molar-refractivity contribution in [2.45, 2.75) is 45.3 Å². The fraction of sp³-hybridized carbons (Fsp3) is 0.684. The molecule has 1 aromatic rings. The predicted octanol–water partition coefficient (Wildman–Crippen LogP) is 0.181. The maximum atomic E-state index is 12.9. The Morgan fingerprint density at radius 1 is 1.14 bits per heavy atom. The van der Waals surface area contributed by atoms with Gasteiger partial charge in [0.2, 0.25) is 5.91 Å². The summed E-state index contributed by atoms with van der Waals surface area (Å²) in [7, 11) is 1.56. The number of likely N-dealkylation sites (N-methyl/N-ethyl adjacent to an activating group) is 1. The third-order valence-corrected chi connectivity index (χ3v) is 5.32. The molecule has 1 N–H and O–H groups in total. The van der Waals surface area contributed by atoms with Crippen LogP contribution in [0.3, 0.4) is 0 Å². The Kier molecular flexibility index (Phi) is 6.66. The zero-order valence-electron chi connectivity index (χ0n) is 16.6. The van der Waals surface area contributed by atoms with Gasteiger partial charge in [0.25, 0.3) is 11.8 Å². The van der Waals surface area contributed by atoms with Crippen LogP contribution in [-0.2, 0) is 20.9 Å². The number of hydrogen-bond acceptors (Lipinski definition) is 5. The first-order valence-electron chi connectivity index (χ1n) is 9.94. The number of hydrogen-bond donors (Lipinski definition) is 1. The molecule has 2 saturated heterocycles. The Morgan fingerprint density at radius 2 is 1.86 bits per heavy atom.